The number of carbonyl (C=O) groups is 3. The lowest BCUT2D eigenvalue weighted by molar-refractivity contribution is -0.140. The second-order valence-corrected chi connectivity index (χ2v) is 4.79. The van der Waals surface area contributed by atoms with Crippen molar-refractivity contribution in [3.63, 3.8) is 0 Å². The molecule has 1 atom stereocenters. The van der Waals surface area contributed by atoms with Gasteiger partial charge in [-0.1, -0.05) is 13.3 Å². The summed E-state index contributed by atoms with van der Waals surface area (Å²) in [4.78, 5) is 33.1. The molecule has 0 aromatic heterocycles. The van der Waals surface area contributed by atoms with E-state index in [9.17, 15) is 14.4 Å². The van der Waals surface area contributed by atoms with E-state index in [1.165, 1.54) is 0 Å². The molecule has 0 aliphatic heterocycles. The van der Waals surface area contributed by atoms with Crippen molar-refractivity contribution in [2.75, 3.05) is 0 Å². The largest absolute Gasteiger partial charge is 0.480 e. The van der Waals surface area contributed by atoms with E-state index in [1.807, 2.05) is 20.8 Å². The van der Waals surface area contributed by atoms with Crippen molar-refractivity contribution in [2.45, 2.75) is 51.6 Å². The number of nitrogens with two attached hydrogens (primary N) is 1. The number of hydrogen-bond acceptors (Lipinski definition) is 3. The van der Waals surface area contributed by atoms with Crippen LogP contribution in [0.5, 0.6) is 0 Å². The lowest BCUT2D eigenvalue weighted by Crippen LogP contribution is -2.53. The van der Waals surface area contributed by atoms with Gasteiger partial charge >= 0.3 is 12.0 Å². The van der Waals surface area contributed by atoms with Crippen LogP contribution in [-0.2, 0) is 9.59 Å². The molecule has 0 rings (SSSR count). The number of aliphatic carboxylic acids is 1. The van der Waals surface area contributed by atoms with Gasteiger partial charge in [-0.3, -0.25) is 4.79 Å². The fourth-order valence-electron chi connectivity index (χ4n) is 1.59. The molecule has 5 N–H and O–H groups in total. The predicted molar refractivity (Wildman–Crippen MR) is 65.9 cm³/mol. The summed E-state index contributed by atoms with van der Waals surface area (Å²) in [5.74, 6) is -2.08. The molecule has 0 spiro atoms. The zero-order valence-electron chi connectivity index (χ0n) is 10.9. The molecule has 7 heteroatoms. The van der Waals surface area contributed by atoms with E-state index >= 15 is 0 Å². The highest BCUT2D eigenvalue weighted by Crippen LogP contribution is 2.10. The first kappa shape index (κ1) is 16.2. The van der Waals surface area contributed by atoms with E-state index in [2.05, 4.69) is 10.6 Å². The Bertz CT molecular complexity index is 328. The summed E-state index contributed by atoms with van der Waals surface area (Å²) < 4.78 is 0. The highest BCUT2D eigenvalue weighted by molar-refractivity contribution is 5.87. The maximum absolute atomic E-state index is 11.6. The minimum Gasteiger partial charge on any atom is -0.480 e. The number of carboxylic acids is 1. The summed E-state index contributed by atoms with van der Waals surface area (Å²) in [6.07, 6.45) is 1.21. The Balaban J connectivity index is 4.43. The first-order valence-electron chi connectivity index (χ1n) is 5.77. The summed E-state index contributed by atoms with van der Waals surface area (Å²) in [5, 5.41) is 13.7. The van der Waals surface area contributed by atoms with Gasteiger partial charge in [-0.25, -0.2) is 9.59 Å². The van der Waals surface area contributed by atoms with Gasteiger partial charge in [-0.2, -0.15) is 0 Å². The standard InChI is InChI=1S/C11H21N3O4/c1-4-5-11(2,3)14-10(18)13-7(9(16)17)6-8(12)15/h7H,4-6H2,1-3H3,(H2,12,15)(H,16,17)(H2,13,14,18)/t7-/m0/s1. The van der Waals surface area contributed by atoms with Crippen molar-refractivity contribution in [3.8, 4) is 0 Å². The highest BCUT2D eigenvalue weighted by atomic mass is 16.4. The summed E-state index contributed by atoms with van der Waals surface area (Å²) >= 11 is 0. The van der Waals surface area contributed by atoms with Crippen LogP contribution in [0.2, 0.25) is 0 Å². The summed E-state index contributed by atoms with van der Waals surface area (Å²) in [6.45, 7) is 5.65. The fourth-order valence-corrected chi connectivity index (χ4v) is 1.59. The Morgan fingerprint density at radius 2 is 1.89 bits per heavy atom. The quantitative estimate of drug-likeness (QED) is 0.521. The molecule has 0 fully saturated rings. The zero-order valence-corrected chi connectivity index (χ0v) is 10.9. The fraction of sp³-hybridized carbons (Fsp3) is 0.727. The predicted octanol–water partition coefficient (Wildman–Crippen LogP) is 0.193. The normalized spacial score (nSPS) is 12.6. The number of urea groups is 1. The molecule has 0 heterocycles. The molecule has 0 aromatic rings. The maximum Gasteiger partial charge on any atom is 0.326 e. The molecule has 104 valence electrons. The van der Waals surface area contributed by atoms with Crippen molar-refractivity contribution >= 4 is 17.9 Å². The first-order chi connectivity index (χ1) is 8.18. The topological polar surface area (TPSA) is 122 Å². The zero-order chi connectivity index (χ0) is 14.3. The Labute approximate surface area is 106 Å². The third-order valence-corrected chi connectivity index (χ3v) is 2.34. The van der Waals surface area contributed by atoms with Crippen molar-refractivity contribution < 1.29 is 19.5 Å². The van der Waals surface area contributed by atoms with Crippen molar-refractivity contribution in [2.24, 2.45) is 5.73 Å². The van der Waals surface area contributed by atoms with Gasteiger partial charge in [-0.05, 0) is 20.3 Å². The van der Waals surface area contributed by atoms with E-state index in [4.69, 9.17) is 10.8 Å². The maximum atomic E-state index is 11.6. The van der Waals surface area contributed by atoms with Gasteiger partial charge in [0.1, 0.15) is 6.04 Å². The SMILES string of the molecule is CCCC(C)(C)NC(=O)N[C@@H](CC(N)=O)C(=O)O. The summed E-state index contributed by atoms with van der Waals surface area (Å²) in [5.41, 5.74) is 4.47. The number of carboxylic acid groups (broad SMARTS) is 1. The minimum absolute atomic E-state index is 0.434. The second-order valence-electron chi connectivity index (χ2n) is 4.79. The molecule has 0 unspecified atom stereocenters. The molecular formula is C11H21N3O4. The lowest BCUT2D eigenvalue weighted by Gasteiger charge is -2.26. The van der Waals surface area contributed by atoms with Crippen LogP contribution in [0.15, 0.2) is 0 Å². The van der Waals surface area contributed by atoms with Gasteiger partial charge in [0.05, 0.1) is 6.42 Å². The molecule has 0 aliphatic rings. The van der Waals surface area contributed by atoms with Crippen LogP contribution in [-0.4, -0.2) is 34.6 Å². The van der Waals surface area contributed by atoms with Crippen molar-refractivity contribution in [3.05, 3.63) is 0 Å². The molecule has 3 amide bonds. The monoisotopic (exact) mass is 259 g/mol. The molecule has 0 aliphatic carbocycles. The van der Waals surface area contributed by atoms with E-state index in [0.717, 1.165) is 12.8 Å². The second kappa shape index (κ2) is 6.83. The summed E-state index contributed by atoms with van der Waals surface area (Å²) in [6, 6.07) is -1.93. The van der Waals surface area contributed by atoms with Crippen LogP contribution in [0.3, 0.4) is 0 Å². The third-order valence-electron chi connectivity index (χ3n) is 2.34. The van der Waals surface area contributed by atoms with Crippen molar-refractivity contribution in [1.29, 1.82) is 0 Å². The van der Waals surface area contributed by atoms with Crippen molar-refractivity contribution in [1.82, 2.24) is 10.6 Å². The van der Waals surface area contributed by atoms with E-state index < -0.39 is 35.9 Å². The van der Waals surface area contributed by atoms with Crippen LogP contribution in [0.4, 0.5) is 4.79 Å². The number of nitrogens with one attached hydrogen (secondary N) is 2. The molecule has 0 saturated heterocycles. The lowest BCUT2D eigenvalue weighted by atomic mass is 9.99. The summed E-state index contributed by atoms with van der Waals surface area (Å²) in [7, 11) is 0. The smallest absolute Gasteiger partial charge is 0.326 e. The van der Waals surface area contributed by atoms with Gasteiger partial charge in [-0.15, -0.1) is 0 Å². The molecule has 0 bridgehead atoms. The molecule has 0 radical (unpaired) electrons. The van der Waals surface area contributed by atoms with Crippen LogP contribution < -0.4 is 16.4 Å². The molecule has 18 heavy (non-hydrogen) atoms. The van der Waals surface area contributed by atoms with E-state index in [0.29, 0.717) is 0 Å². The Morgan fingerprint density at radius 3 is 2.28 bits per heavy atom. The number of hydrogen-bond donors (Lipinski definition) is 4. The molecule has 0 aromatic carbocycles. The van der Waals surface area contributed by atoms with Crippen LogP contribution in [0.1, 0.15) is 40.0 Å². The number of rotatable bonds is 7. The Hall–Kier alpha value is -1.79. The van der Waals surface area contributed by atoms with E-state index in [-0.39, 0.29) is 0 Å². The average Bonchev–Trinajstić information content (AvgIpc) is 2.14. The van der Waals surface area contributed by atoms with E-state index in [1.54, 1.807) is 0 Å². The van der Waals surface area contributed by atoms with Gasteiger partial charge in [0.2, 0.25) is 5.91 Å². The number of carbonyl (C=O) groups excluding carboxylic acids is 2. The van der Waals surface area contributed by atoms with Gasteiger partial charge < -0.3 is 21.5 Å². The van der Waals surface area contributed by atoms with Crippen LogP contribution in [0, 0.1) is 0 Å². The highest BCUT2D eigenvalue weighted by Gasteiger charge is 2.25. The Morgan fingerprint density at radius 1 is 1.33 bits per heavy atom. The Kier molecular flexibility index (Phi) is 6.15. The molecule has 7 nitrogen and oxygen atoms in total. The first-order valence-corrected chi connectivity index (χ1v) is 5.77. The molecule has 0 saturated carbocycles. The third kappa shape index (κ3) is 6.72. The number of amides is 3. The van der Waals surface area contributed by atoms with Gasteiger partial charge in [0, 0.05) is 5.54 Å². The average molecular weight is 259 g/mol. The van der Waals surface area contributed by atoms with Gasteiger partial charge in [0.25, 0.3) is 0 Å². The number of primary amides is 1. The minimum atomic E-state index is -1.31. The van der Waals surface area contributed by atoms with Crippen LogP contribution in [0.25, 0.3) is 0 Å². The van der Waals surface area contributed by atoms with Crippen LogP contribution >= 0.6 is 0 Å². The van der Waals surface area contributed by atoms with Gasteiger partial charge in [0.15, 0.2) is 0 Å². The molecular weight excluding hydrogens is 238 g/mol.